The molecule has 0 unspecified atom stereocenters. The molecule has 0 fully saturated rings. The van der Waals surface area contributed by atoms with Gasteiger partial charge in [-0.15, -0.1) is 0 Å². The molecule has 0 aliphatic rings. The van der Waals surface area contributed by atoms with Crippen molar-refractivity contribution in [3.8, 4) is 0 Å². The lowest BCUT2D eigenvalue weighted by molar-refractivity contribution is -0.142. The minimum Gasteiger partial charge on any atom is -0.480 e. The minimum atomic E-state index is -1.24. The van der Waals surface area contributed by atoms with Crippen molar-refractivity contribution >= 4 is 29.7 Å². The Balaban J connectivity index is 1.79. The highest BCUT2D eigenvalue weighted by Crippen LogP contribution is 2.09. The largest absolute Gasteiger partial charge is 0.480 e. The maximum absolute atomic E-state index is 13.8. The third kappa shape index (κ3) is 12.1. The molecule has 3 amide bonds. The molecule has 3 aromatic carbocycles. The number of carboxylic acids is 1. The number of nitrogens with zero attached hydrogens (tertiary/aromatic N) is 1. The summed E-state index contributed by atoms with van der Waals surface area (Å²) in [6.07, 6.45) is 0.858. The molecule has 0 aliphatic heterocycles. The van der Waals surface area contributed by atoms with Crippen molar-refractivity contribution in [2.45, 2.75) is 56.3 Å². The molecule has 4 atom stereocenters. The first-order chi connectivity index (χ1) is 21.6. The van der Waals surface area contributed by atoms with Gasteiger partial charge in [-0.25, -0.2) is 4.79 Å². The van der Waals surface area contributed by atoms with E-state index in [1.165, 1.54) is 0 Å². The molecule has 12 nitrogen and oxygen atoms in total. The van der Waals surface area contributed by atoms with Crippen LogP contribution in [0.5, 0.6) is 0 Å². The Labute approximate surface area is 262 Å². The number of benzene rings is 3. The topological polar surface area (TPSA) is 215 Å². The molecule has 0 saturated carbocycles. The predicted molar refractivity (Wildman–Crippen MR) is 172 cm³/mol. The molecule has 0 spiro atoms. The van der Waals surface area contributed by atoms with Crippen molar-refractivity contribution in [2.75, 3.05) is 6.54 Å². The van der Waals surface area contributed by atoms with E-state index in [1.54, 1.807) is 24.3 Å². The first kappa shape index (κ1) is 34.3. The minimum absolute atomic E-state index is 0.0653. The van der Waals surface area contributed by atoms with E-state index in [2.05, 4.69) is 20.9 Å². The van der Waals surface area contributed by atoms with E-state index >= 15 is 0 Å². The molecule has 45 heavy (non-hydrogen) atoms. The number of rotatable bonds is 17. The number of guanidine groups is 1. The molecule has 0 bridgehead atoms. The molecule has 0 heterocycles. The van der Waals surface area contributed by atoms with Crippen LogP contribution in [-0.4, -0.2) is 65.5 Å². The van der Waals surface area contributed by atoms with Crippen LogP contribution in [0.3, 0.4) is 0 Å². The number of carbonyl (C=O) groups is 4. The summed E-state index contributed by atoms with van der Waals surface area (Å²) in [6, 6.07) is 23.0. The second-order valence-electron chi connectivity index (χ2n) is 10.6. The summed E-state index contributed by atoms with van der Waals surface area (Å²) in [5.74, 6) is -3.18. The number of carboxylic acid groups (broad SMARTS) is 1. The molecule has 0 saturated heterocycles. The number of carbonyl (C=O) groups excluding carboxylic acids is 3. The molecule has 0 aliphatic carbocycles. The van der Waals surface area contributed by atoms with Crippen molar-refractivity contribution in [1.29, 1.82) is 0 Å². The quantitative estimate of drug-likeness (QED) is 0.0648. The molecule has 0 radical (unpaired) electrons. The van der Waals surface area contributed by atoms with Gasteiger partial charge in [-0.2, -0.15) is 0 Å². The highest BCUT2D eigenvalue weighted by atomic mass is 16.4. The van der Waals surface area contributed by atoms with E-state index in [0.717, 1.165) is 16.7 Å². The Kier molecular flexibility index (Phi) is 13.5. The van der Waals surface area contributed by atoms with Gasteiger partial charge in [0.05, 0.1) is 6.04 Å². The van der Waals surface area contributed by atoms with Gasteiger partial charge in [-0.3, -0.25) is 19.4 Å². The van der Waals surface area contributed by atoms with Crippen molar-refractivity contribution in [3.05, 3.63) is 108 Å². The van der Waals surface area contributed by atoms with Crippen molar-refractivity contribution in [3.63, 3.8) is 0 Å². The molecule has 12 heteroatoms. The number of amides is 3. The van der Waals surface area contributed by atoms with Gasteiger partial charge in [0.25, 0.3) is 0 Å². The highest BCUT2D eigenvalue weighted by Gasteiger charge is 2.30. The standard InChI is InChI=1S/C33H41N7O5/c34-25(19-22-11-4-1-5-12-22)29(41)39-27(20-23-13-6-2-7-14-23)31(43)40-28(21-24-15-8-3-9-16-24)30(42)38-26(32(44)45)17-10-18-37-33(35)36/h1-9,11-16,25-28H,10,17-21,34H2,(H,38,42)(H,39,41)(H,40,43)(H,44,45)(H4,35,36,37)/t25-,26-,27-,28-/m0/s1. The van der Waals surface area contributed by atoms with Gasteiger partial charge in [0.1, 0.15) is 18.1 Å². The second kappa shape index (κ2) is 17.8. The lowest BCUT2D eigenvalue weighted by atomic mass is 10.0. The Morgan fingerprint density at radius 3 is 1.44 bits per heavy atom. The van der Waals surface area contributed by atoms with Gasteiger partial charge in [-0.05, 0) is 36.0 Å². The Morgan fingerprint density at radius 1 is 0.622 bits per heavy atom. The van der Waals surface area contributed by atoms with E-state index in [-0.39, 0.29) is 38.2 Å². The fourth-order valence-electron chi connectivity index (χ4n) is 4.66. The molecule has 0 aromatic heterocycles. The Hall–Kier alpha value is -5.23. The highest BCUT2D eigenvalue weighted by molar-refractivity contribution is 5.94. The van der Waals surface area contributed by atoms with Gasteiger partial charge in [0, 0.05) is 19.4 Å². The van der Waals surface area contributed by atoms with E-state index in [9.17, 15) is 24.3 Å². The number of aliphatic carboxylic acids is 1. The summed E-state index contributed by atoms with van der Waals surface area (Å²) >= 11 is 0. The van der Waals surface area contributed by atoms with Crippen LogP contribution in [0, 0.1) is 0 Å². The van der Waals surface area contributed by atoms with Crippen molar-refractivity contribution < 1.29 is 24.3 Å². The summed E-state index contributed by atoms with van der Waals surface area (Å²) < 4.78 is 0. The molecule has 3 rings (SSSR count). The first-order valence-electron chi connectivity index (χ1n) is 14.7. The zero-order valence-electron chi connectivity index (χ0n) is 25.0. The van der Waals surface area contributed by atoms with Crippen LogP contribution >= 0.6 is 0 Å². The van der Waals surface area contributed by atoms with E-state index in [0.29, 0.717) is 6.42 Å². The molecule has 10 N–H and O–H groups in total. The SMILES string of the molecule is NC(N)=NCCC[C@H](NC(=O)[C@H](Cc1ccccc1)NC(=O)[C@H](Cc1ccccc1)NC(=O)[C@@H](N)Cc1ccccc1)C(=O)O. The van der Waals surface area contributed by atoms with Crippen LogP contribution in [0.25, 0.3) is 0 Å². The number of nitrogens with two attached hydrogens (primary N) is 3. The van der Waals surface area contributed by atoms with Gasteiger partial charge >= 0.3 is 5.97 Å². The van der Waals surface area contributed by atoms with Gasteiger partial charge in [0.15, 0.2) is 5.96 Å². The van der Waals surface area contributed by atoms with Crippen molar-refractivity contribution in [2.24, 2.45) is 22.2 Å². The zero-order chi connectivity index (χ0) is 32.6. The fourth-order valence-corrected chi connectivity index (χ4v) is 4.66. The third-order valence-corrected chi connectivity index (χ3v) is 7.03. The summed E-state index contributed by atoms with van der Waals surface area (Å²) in [5.41, 5.74) is 19.3. The van der Waals surface area contributed by atoms with Crippen LogP contribution in [-0.2, 0) is 38.4 Å². The smallest absolute Gasteiger partial charge is 0.326 e. The van der Waals surface area contributed by atoms with Crippen LogP contribution in [0.1, 0.15) is 29.5 Å². The van der Waals surface area contributed by atoms with E-state index in [1.807, 2.05) is 66.7 Å². The van der Waals surface area contributed by atoms with Gasteiger partial charge in [-0.1, -0.05) is 91.0 Å². The monoisotopic (exact) mass is 615 g/mol. The van der Waals surface area contributed by atoms with Gasteiger partial charge in [0.2, 0.25) is 17.7 Å². The average Bonchev–Trinajstić information content (AvgIpc) is 3.02. The Morgan fingerprint density at radius 2 is 1.02 bits per heavy atom. The fraction of sp³-hybridized carbons (Fsp3) is 0.303. The second-order valence-corrected chi connectivity index (χ2v) is 10.6. The van der Waals surface area contributed by atoms with Crippen molar-refractivity contribution in [1.82, 2.24) is 16.0 Å². The summed E-state index contributed by atoms with van der Waals surface area (Å²) in [6.45, 7) is 0.194. The van der Waals surface area contributed by atoms with Crippen LogP contribution in [0.4, 0.5) is 0 Å². The molecule has 3 aromatic rings. The maximum Gasteiger partial charge on any atom is 0.326 e. The summed E-state index contributed by atoms with van der Waals surface area (Å²) in [4.78, 5) is 56.2. The average molecular weight is 616 g/mol. The summed E-state index contributed by atoms with van der Waals surface area (Å²) in [5, 5.41) is 17.8. The number of aliphatic imine (C=N–C) groups is 1. The first-order valence-corrected chi connectivity index (χ1v) is 14.7. The van der Waals surface area contributed by atoms with E-state index in [4.69, 9.17) is 17.2 Å². The maximum atomic E-state index is 13.8. The molecule has 238 valence electrons. The van der Waals surface area contributed by atoms with Crippen LogP contribution in [0.15, 0.2) is 96.0 Å². The molecular formula is C33H41N7O5. The van der Waals surface area contributed by atoms with E-state index < -0.39 is 47.9 Å². The summed E-state index contributed by atoms with van der Waals surface area (Å²) in [7, 11) is 0. The normalized spacial score (nSPS) is 13.4. The number of hydrogen-bond acceptors (Lipinski definition) is 6. The zero-order valence-corrected chi connectivity index (χ0v) is 25.0. The van der Waals surface area contributed by atoms with Crippen LogP contribution < -0.4 is 33.2 Å². The Bertz CT molecular complexity index is 1420. The molecular weight excluding hydrogens is 574 g/mol. The third-order valence-electron chi connectivity index (χ3n) is 7.03. The number of hydrogen-bond donors (Lipinski definition) is 7. The van der Waals surface area contributed by atoms with Gasteiger partial charge < -0.3 is 38.3 Å². The number of nitrogens with one attached hydrogen (secondary N) is 3. The lowest BCUT2D eigenvalue weighted by Crippen LogP contribution is -2.58. The lowest BCUT2D eigenvalue weighted by Gasteiger charge is -2.25. The van der Waals surface area contributed by atoms with Crippen LogP contribution in [0.2, 0.25) is 0 Å². The predicted octanol–water partition coefficient (Wildman–Crippen LogP) is 0.634.